The van der Waals surface area contributed by atoms with E-state index < -0.39 is 0 Å². The van der Waals surface area contributed by atoms with E-state index in [1.165, 1.54) is 0 Å². The molecule has 0 N–H and O–H groups in total. The largest absolute Gasteiger partial charge is 0.497 e. The summed E-state index contributed by atoms with van der Waals surface area (Å²) in [5.41, 5.74) is 1.88. The molecule has 0 spiro atoms. The Labute approximate surface area is 101 Å². The van der Waals surface area contributed by atoms with E-state index in [-0.39, 0.29) is 5.78 Å². The SMILES string of the molecule is COc1ccc(Cn2cccc2C(C)=O)cc1. The quantitative estimate of drug-likeness (QED) is 0.755. The van der Waals surface area contributed by atoms with Crippen molar-refractivity contribution in [3.8, 4) is 5.75 Å². The fourth-order valence-electron chi connectivity index (χ4n) is 1.80. The van der Waals surface area contributed by atoms with Crippen LogP contribution in [0, 0.1) is 0 Å². The summed E-state index contributed by atoms with van der Waals surface area (Å²) in [5, 5.41) is 0. The molecule has 1 aromatic carbocycles. The molecule has 3 nitrogen and oxygen atoms in total. The number of benzene rings is 1. The second-order valence-electron chi connectivity index (χ2n) is 3.93. The van der Waals surface area contributed by atoms with Gasteiger partial charge in [-0.1, -0.05) is 12.1 Å². The highest BCUT2D eigenvalue weighted by atomic mass is 16.5. The lowest BCUT2D eigenvalue weighted by Crippen LogP contribution is -2.06. The van der Waals surface area contributed by atoms with Crippen LogP contribution < -0.4 is 4.74 Å². The number of carbonyl (C=O) groups is 1. The second-order valence-corrected chi connectivity index (χ2v) is 3.93. The minimum Gasteiger partial charge on any atom is -0.497 e. The van der Waals surface area contributed by atoms with Gasteiger partial charge in [0.2, 0.25) is 0 Å². The smallest absolute Gasteiger partial charge is 0.176 e. The van der Waals surface area contributed by atoms with Crippen LogP contribution in [-0.2, 0) is 6.54 Å². The molecular formula is C14H15NO2. The second kappa shape index (κ2) is 4.87. The monoisotopic (exact) mass is 229 g/mol. The molecule has 2 rings (SSSR count). The number of ketones is 1. The highest BCUT2D eigenvalue weighted by Crippen LogP contribution is 2.13. The van der Waals surface area contributed by atoms with Crippen molar-refractivity contribution in [3.63, 3.8) is 0 Å². The molecule has 0 unspecified atom stereocenters. The number of aromatic nitrogens is 1. The maximum atomic E-state index is 11.4. The predicted octanol–water partition coefficient (Wildman–Crippen LogP) is 2.75. The lowest BCUT2D eigenvalue weighted by Gasteiger charge is -2.08. The van der Waals surface area contributed by atoms with Crippen molar-refractivity contribution in [3.05, 3.63) is 53.9 Å². The topological polar surface area (TPSA) is 31.2 Å². The molecule has 2 aromatic rings. The molecule has 1 heterocycles. The molecule has 0 aliphatic rings. The van der Waals surface area contributed by atoms with Crippen LogP contribution in [0.15, 0.2) is 42.6 Å². The van der Waals surface area contributed by atoms with Gasteiger partial charge in [0, 0.05) is 19.7 Å². The van der Waals surface area contributed by atoms with Crippen LogP contribution in [0.2, 0.25) is 0 Å². The Bertz CT molecular complexity index is 511. The molecule has 0 saturated heterocycles. The number of rotatable bonds is 4. The van der Waals surface area contributed by atoms with Crippen molar-refractivity contribution in [2.45, 2.75) is 13.5 Å². The Kier molecular flexibility index (Phi) is 3.28. The normalized spacial score (nSPS) is 10.2. The zero-order valence-corrected chi connectivity index (χ0v) is 10.0. The molecule has 3 heteroatoms. The fraction of sp³-hybridized carbons (Fsp3) is 0.214. The van der Waals surface area contributed by atoms with Crippen LogP contribution in [0.4, 0.5) is 0 Å². The van der Waals surface area contributed by atoms with Gasteiger partial charge in [-0.2, -0.15) is 0 Å². The highest BCUT2D eigenvalue weighted by molar-refractivity contribution is 5.92. The van der Waals surface area contributed by atoms with Crippen LogP contribution in [0.5, 0.6) is 5.75 Å². The van der Waals surface area contributed by atoms with E-state index in [0.717, 1.165) is 17.0 Å². The van der Waals surface area contributed by atoms with Gasteiger partial charge in [0.15, 0.2) is 5.78 Å². The van der Waals surface area contributed by atoms with Crippen LogP contribution >= 0.6 is 0 Å². The summed E-state index contributed by atoms with van der Waals surface area (Å²) < 4.78 is 7.05. The van der Waals surface area contributed by atoms with Crippen molar-refractivity contribution in [1.82, 2.24) is 4.57 Å². The fourth-order valence-corrected chi connectivity index (χ4v) is 1.80. The number of methoxy groups -OCH3 is 1. The number of nitrogens with zero attached hydrogens (tertiary/aromatic N) is 1. The summed E-state index contributed by atoms with van der Waals surface area (Å²) in [6, 6.07) is 11.6. The van der Waals surface area contributed by atoms with Gasteiger partial charge < -0.3 is 9.30 Å². The first kappa shape index (κ1) is 11.5. The number of hydrogen-bond acceptors (Lipinski definition) is 2. The van der Waals surface area contributed by atoms with Crippen molar-refractivity contribution < 1.29 is 9.53 Å². The lowest BCUT2D eigenvalue weighted by atomic mass is 10.2. The molecule has 0 aliphatic carbocycles. The summed E-state index contributed by atoms with van der Waals surface area (Å²) in [6.07, 6.45) is 1.92. The van der Waals surface area contributed by atoms with Gasteiger partial charge in [0.1, 0.15) is 5.75 Å². The minimum absolute atomic E-state index is 0.0866. The summed E-state index contributed by atoms with van der Waals surface area (Å²) in [5.74, 6) is 0.927. The van der Waals surface area contributed by atoms with Gasteiger partial charge in [-0.3, -0.25) is 4.79 Å². The van der Waals surface area contributed by atoms with Gasteiger partial charge in [0.25, 0.3) is 0 Å². The van der Waals surface area contributed by atoms with Crippen LogP contribution in [0.25, 0.3) is 0 Å². The number of ether oxygens (including phenoxy) is 1. The van der Waals surface area contributed by atoms with E-state index in [4.69, 9.17) is 4.74 Å². The van der Waals surface area contributed by atoms with Crippen molar-refractivity contribution >= 4 is 5.78 Å². The summed E-state index contributed by atoms with van der Waals surface area (Å²) in [4.78, 5) is 11.4. The van der Waals surface area contributed by atoms with Gasteiger partial charge in [-0.15, -0.1) is 0 Å². The molecule has 0 bridgehead atoms. The maximum Gasteiger partial charge on any atom is 0.176 e. The van der Waals surface area contributed by atoms with Crippen LogP contribution in [0.3, 0.4) is 0 Å². The van der Waals surface area contributed by atoms with E-state index in [1.54, 1.807) is 14.0 Å². The van der Waals surface area contributed by atoms with Gasteiger partial charge in [-0.05, 0) is 29.8 Å². The number of carbonyl (C=O) groups excluding carboxylic acids is 1. The summed E-state index contributed by atoms with van der Waals surface area (Å²) >= 11 is 0. The maximum absolute atomic E-state index is 11.4. The molecule has 0 fully saturated rings. The summed E-state index contributed by atoms with van der Waals surface area (Å²) in [7, 11) is 1.65. The lowest BCUT2D eigenvalue weighted by molar-refractivity contribution is 0.100. The third kappa shape index (κ3) is 2.56. The standard InChI is InChI=1S/C14H15NO2/c1-11(16)14-4-3-9-15(14)10-12-5-7-13(17-2)8-6-12/h3-9H,10H2,1-2H3. The van der Waals surface area contributed by atoms with Gasteiger partial charge >= 0.3 is 0 Å². The first-order chi connectivity index (χ1) is 8.20. The number of Topliss-reactive ketones (excluding diaryl/α,β-unsaturated/α-hetero) is 1. The molecule has 0 amide bonds. The summed E-state index contributed by atoms with van der Waals surface area (Å²) in [6.45, 7) is 2.28. The molecule has 0 radical (unpaired) electrons. The Hall–Kier alpha value is -2.03. The molecule has 0 saturated carbocycles. The highest BCUT2D eigenvalue weighted by Gasteiger charge is 2.05. The average Bonchev–Trinajstić information content (AvgIpc) is 2.78. The Balaban J connectivity index is 2.19. The first-order valence-electron chi connectivity index (χ1n) is 5.49. The molecule has 1 aromatic heterocycles. The Morgan fingerprint density at radius 3 is 2.53 bits per heavy atom. The minimum atomic E-state index is 0.0866. The average molecular weight is 229 g/mol. The van der Waals surface area contributed by atoms with E-state index in [9.17, 15) is 4.79 Å². The van der Waals surface area contributed by atoms with Crippen LogP contribution in [-0.4, -0.2) is 17.5 Å². The zero-order chi connectivity index (χ0) is 12.3. The van der Waals surface area contributed by atoms with Gasteiger partial charge in [0.05, 0.1) is 12.8 Å². The third-order valence-corrected chi connectivity index (χ3v) is 2.70. The Morgan fingerprint density at radius 1 is 1.24 bits per heavy atom. The molecule has 0 aliphatic heterocycles. The van der Waals surface area contributed by atoms with E-state index in [2.05, 4.69) is 0 Å². The number of hydrogen-bond donors (Lipinski definition) is 0. The molecule has 0 atom stereocenters. The van der Waals surface area contributed by atoms with Gasteiger partial charge in [-0.25, -0.2) is 0 Å². The zero-order valence-electron chi connectivity index (χ0n) is 10.0. The van der Waals surface area contributed by atoms with E-state index in [0.29, 0.717) is 6.54 Å². The molecule has 88 valence electrons. The van der Waals surface area contributed by atoms with Crippen molar-refractivity contribution in [1.29, 1.82) is 0 Å². The Morgan fingerprint density at radius 2 is 1.94 bits per heavy atom. The van der Waals surface area contributed by atoms with E-state index in [1.807, 2.05) is 47.2 Å². The molecule has 17 heavy (non-hydrogen) atoms. The van der Waals surface area contributed by atoms with Crippen molar-refractivity contribution in [2.75, 3.05) is 7.11 Å². The first-order valence-corrected chi connectivity index (χ1v) is 5.49. The van der Waals surface area contributed by atoms with Crippen LogP contribution in [0.1, 0.15) is 23.0 Å². The van der Waals surface area contributed by atoms with Crippen molar-refractivity contribution in [2.24, 2.45) is 0 Å². The molecular weight excluding hydrogens is 214 g/mol. The predicted molar refractivity (Wildman–Crippen MR) is 66.5 cm³/mol. The van der Waals surface area contributed by atoms with E-state index >= 15 is 0 Å². The third-order valence-electron chi connectivity index (χ3n) is 2.70.